The molecule has 1 saturated carbocycles. The molecule has 25 heavy (non-hydrogen) atoms. The van der Waals surface area contributed by atoms with Crippen LogP contribution in [0.5, 0.6) is 5.88 Å². The van der Waals surface area contributed by atoms with Crippen LogP contribution in [0.2, 0.25) is 0 Å². The number of rotatable bonds is 5. The Morgan fingerprint density at radius 1 is 1.40 bits per heavy atom. The molecule has 3 unspecified atom stereocenters. The molecular formula is C20H25NO4. The zero-order valence-electron chi connectivity index (χ0n) is 15.1. The van der Waals surface area contributed by atoms with E-state index in [0.717, 1.165) is 30.5 Å². The molecule has 1 heterocycles. The van der Waals surface area contributed by atoms with Gasteiger partial charge in [-0.2, -0.15) is 0 Å². The first-order chi connectivity index (χ1) is 12.0. The molecular weight excluding hydrogens is 318 g/mol. The van der Waals surface area contributed by atoms with Crippen LogP contribution in [0, 0.1) is 5.92 Å². The second-order valence-corrected chi connectivity index (χ2v) is 7.03. The van der Waals surface area contributed by atoms with E-state index in [2.05, 4.69) is 18.5 Å². The van der Waals surface area contributed by atoms with Gasteiger partial charge in [0.05, 0.1) is 19.9 Å². The highest BCUT2D eigenvalue weighted by Gasteiger charge is 2.60. The molecule has 1 fully saturated rings. The Morgan fingerprint density at radius 2 is 2.16 bits per heavy atom. The summed E-state index contributed by atoms with van der Waals surface area (Å²) in [4.78, 5) is 30.8. The summed E-state index contributed by atoms with van der Waals surface area (Å²) in [5.74, 6) is -0.310. The second-order valence-electron chi connectivity index (χ2n) is 7.03. The van der Waals surface area contributed by atoms with Gasteiger partial charge < -0.3 is 9.47 Å². The SMILES string of the molecule is C=C1CC2C(=O)C(C(=O)OC)(C1)c1ccc(OC)nc1C2CCCC. The average molecular weight is 343 g/mol. The van der Waals surface area contributed by atoms with E-state index in [1.807, 2.05) is 6.07 Å². The van der Waals surface area contributed by atoms with Gasteiger partial charge in [-0.15, -0.1) is 0 Å². The van der Waals surface area contributed by atoms with Crippen LogP contribution in [-0.2, 0) is 19.7 Å². The molecule has 2 aliphatic carbocycles. The van der Waals surface area contributed by atoms with Crippen LogP contribution in [0.25, 0.3) is 0 Å². The molecule has 5 nitrogen and oxygen atoms in total. The van der Waals surface area contributed by atoms with E-state index in [4.69, 9.17) is 9.47 Å². The number of carbonyl (C=O) groups is 2. The molecule has 0 aromatic carbocycles. The molecule has 3 atom stereocenters. The summed E-state index contributed by atoms with van der Waals surface area (Å²) in [6.45, 7) is 6.24. The second kappa shape index (κ2) is 6.62. The predicted molar refractivity (Wildman–Crippen MR) is 93.6 cm³/mol. The van der Waals surface area contributed by atoms with Crippen LogP contribution in [0.4, 0.5) is 0 Å². The number of hydrogen-bond acceptors (Lipinski definition) is 5. The molecule has 1 aromatic heterocycles. The number of allylic oxidation sites excluding steroid dienone is 1. The first-order valence-electron chi connectivity index (χ1n) is 8.84. The van der Waals surface area contributed by atoms with Gasteiger partial charge in [0.2, 0.25) is 5.88 Å². The molecule has 134 valence electrons. The summed E-state index contributed by atoms with van der Waals surface area (Å²) in [5, 5.41) is 0. The first kappa shape index (κ1) is 17.6. The fraction of sp³-hybridized carbons (Fsp3) is 0.550. The van der Waals surface area contributed by atoms with Gasteiger partial charge in [0.15, 0.2) is 11.2 Å². The Labute approximate surface area is 148 Å². The minimum absolute atomic E-state index is 0.00705. The molecule has 1 aromatic rings. The highest BCUT2D eigenvalue weighted by molar-refractivity contribution is 6.13. The van der Waals surface area contributed by atoms with Crippen molar-refractivity contribution < 1.29 is 19.1 Å². The zero-order chi connectivity index (χ0) is 18.2. The lowest BCUT2D eigenvalue weighted by atomic mass is 9.54. The maximum Gasteiger partial charge on any atom is 0.324 e. The number of ketones is 1. The van der Waals surface area contributed by atoms with Crippen molar-refractivity contribution in [1.82, 2.24) is 4.98 Å². The summed E-state index contributed by atoms with van der Waals surface area (Å²) >= 11 is 0. The molecule has 3 rings (SSSR count). The number of unbranched alkanes of at least 4 members (excludes halogenated alkanes) is 1. The van der Waals surface area contributed by atoms with E-state index in [0.29, 0.717) is 24.3 Å². The van der Waals surface area contributed by atoms with Crippen LogP contribution in [0.15, 0.2) is 24.3 Å². The van der Waals surface area contributed by atoms with E-state index in [1.54, 1.807) is 13.2 Å². The third-order valence-corrected chi connectivity index (χ3v) is 5.59. The Bertz CT molecular complexity index is 726. The van der Waals surface area contributed by atoms with Crippen molar-refractivity contribution in [2.24, 2.45) is 5.92 Å². The topological polar surface area (TPSA) is 65.5 Å². The van der Waals surface area contributed by atoms with E-state index in [-0.39, 0.29) is 17.6 Å². The lowest BCUT2D eigenvalue weighted by molar-refractivity contribution is -0.155. The third-order valence-electron chi connectivity index (χ3n) is 5.59. The van der Waals surface area contributed by atoms with E-state index < -0.39 is 11.4 Å². The molecule has 0 amide bonds. The number of carbonyl (C=O) groups excluding carboxylic acids is 2. The van der Waals surface area contributed by atoms with Crippen molar-refractivity contribution in [2.45, 2.75) is 50.4 Å². The lowest BCUT2D eigenvalue weighted by Crippen LogP contribution is -2.55. The van der Waals surface area contributed by atoms with Gasteiger partial charge >= 0.3 is 5.97 Å². The maximum atomic E-state index is 13.4. The molecule has 5 heteroatoms. The van der Waals surface area contributed by atoms with Crippen LogP contribution in [0.1, 0.15) is 56.2 Å². The highest BCUT2D eigenvalue weighted by Crippen LogP contribution is 2.54. The Kier molecular flexibility index (Phi) is 4.67. The summed E-state index contributed by atoms with van der Waals surface area (Å²) < 4.78 is 10.3. The number of methoxy groups -OCH3 is 2. The number of hydrogen-bond donors (Lipinski definition) is 0. The summed E-state index contributed by atoms with van der Waals surface area (Å²) in [7, 11) is 2.90. The van der Waals surface area contributed by atoms with Gasteiger partial charge in [-0.05, 0) is 24.8 Å². The maximum absolute atomic E-state index is 13.4. The summed E-state index contributed by atoms with van der Waals surface area (Å²) in [5.41, 5.74) is 1.11. The fourth-order valence-electron chi connectivity index (χ4n) is 4.43. The van der Waals surface area contributed by atoms with Crippen molar-refractivity contribution in [3.63, 3.8) is 0 Å². The molecule has 2 aliphatic rings. The Hall–Kier alpha value is -2.17. The first-order valence-corrected chi connectivity index (χ1v) is 8.84. The van der Waals surface area contributed by atoms with Crippen LogP contribution in [-0.4, -0.2) is 31.0 Å². The summed E-state index contributed by atoms with van der Waals surface area (Å²) in [6, 6.07) is 3.52. The largest absolute Gasteiger partial charge is 0.481 e. The van der Waals surface area contributed by atoms with Crippen molar-refractivity contribution in [3.05, 3.63) is 35.5 Å². The Morgan fingerprint density at radius 3 is 2.80 bits per heavy atom. The quantitative estimate of drug-likeness (QED) is 0.466. The van der Waals surface area contributed by atoms with Crippen molar-refractivity contribution in [3.8, 4) is 5.88 Å². The monoisotopic (exact) mass is 343 g/mol. The molecule has 0 spiro atoms. The molecule has 0 radical (unpaired) electrons. The number of aromatic nitrogens is 1. The predicted octanol–water partition coefficient (Wildman–Crippen LogP) is 3.32. The van der Waals surface area contributed by atoms with Gasteiger partial charge in [-0.25, -0.2) is 4.98 Å². The number of nitrogens with zero attached hydrogens (tertiary/aromatic N) is 1. The number of ether oxygens (including phenoxy) is 2. The van der Waals surface area contributed by atoms with Gasteiger partial charge in [-0.1, -0.05) is 38.0 Å². The molecule has 0 saturated heterocycles. The van der Waals surface area contributed by atoms with Gasteiger partial charge in [0, 0.05) is 17.9 Å². The smallest absolute Gasteiger partial charge is 0.324 e. The normalized spacial score (nSPS) is 27.6. The number of pyridine rings is 1. The van der Waals surface area contributed by atoms with Crippen molar-refractivity contribution in [1.29, 1.82) is 0 Å². The van der Waals surface area contributed by atoms with Crippen LogP contribution >= 0.6 is 0 Å². The molecule has 0 aliphatic heterocycles. The third kappa shape index (κ3) is 2.57. The highest BCUT2D eigenvalue weighted by atomic mass is 16.5. The molecule has 0 N–H and O–H groups in total. The fourth-order valence-corrected chi connectivity index (χ4v) is 4.43. The molecule has 2 bridgehead atoms. The average Bonchev–Trinajstić information content (AvgIpc) is 2.62. The van der Waals surface area contributed by atoms with E-state index in [9.17, 15) is 9.59 Å². The van der Waals surface area contributed by atoms with Crippen molar-refractivity contribution in [2.75, 3.05) is 14.2 Å². The van der Waals surface area contributed by atoms with Crippen LogP contribution < -0.4 is 4.74 Å². The van der Waals surface area contributed by atoms with E-state index in [1.165, 1.54) is 7.11 Å². The lowest BCUT2D eigenvalue weighted by Gasteiger charge is -2.46. The standard InChI is InChI=1S/C20H25NO4/c1-5-6-7-13-14-10-12(2)11-20(18(14)22,19(23)25-4)15-8-9-16(24-3)21-17(13)15/h8-9,13-14H,2,5-7,10-11H2,1,3-4H3. The minimum Gasteiger partial charge on any atom is -0.481 e. The van der Waals surface area contributed by atoms with Crippen molar-refractivity contribution >= 4 is 11.8 Å². The number of esters is 1. The number of Topliss-reactive ketones (excluding diaryl/α,β-unsaturated/α-hetero) is 1. The van der Waals surface area contributed by atoms with Gasteiger partial charge in [-0.3, -0.25) is 9.59 Å². The number of fused-ring (bicyclic) bond motifs is 4. The van der Waals surface area contributed by atoms with Gasteiger partial charge in [0.25, 0.3) is 0 Å². The summed E-state index contributed by atoms with van der Waals surface area (Å²) in [6.07, 6.45) is 3.83. The van der Waals surface area contributed by atoms with Gasteiger partial charge in [0.1, 0.15) is 0 Å². The van der Waals surface area contributed by atoms with Crippen LogP contribution in [0.3, 0.4) is 0 Å². The Balaban J connectivity index is 2.24. The minimum atomic E-state index is -1.30. The zero-order valence-corrected chi connectivity index (χ0v) is 15.1. The van der Waals surface area contributed by atoms with E-state index >= 15 is 0 Å².